The maximum Gasteiger partial charge on any atom is 0.261 e. The van der Waals surface area contributed by atoms with Crippen LogP contribution in [-0.2, 0) is 11.8 Å². The number of rotatable bonds is 3. The topological polar surface area (TPSA) is 47.4 Å². The SMILES string of the molecule is Cn1c([C@@H]2CCCN(CC3COC3)C2)nc2ccc(F)cc2c1=O. The van der Waals surface area contributed by atoms with Crippen LogP contribution in [0.2, 0.25) is 0 Å². The summed E-state index contributed by atoms with van der Waals surface area (Å²) in [4.78, 5) is 19.7. The predicted octanol–water partition coefficient (Wildman–Crippen LogP) is 1.90. The van der Waals surface area contributed by atoms with E-state index in [9.17, 15) is 9.18 Å². The highest BCUT2D eigenvalue weighted by Gasteiger charge is 2.28. The Labute approximate surface area is 140 Å². The monoisotopic (exact) mass is 331 g/mol. The van der Waals surface area contributed by atoms with Crippen molar-refractivity contribution in [2.45, 2.75) is 18.8 Å². The van der Waals surface area contributed by atoms with Crippen LogP contribution in [0, 0.1) is 11.7 Å². The van der Waals surface area contributed by atoms with Gasteiger partial charge < -0.3 is 9.64 Å². The molecule has 0 saturated carbocycles. The van der Waals surface area contributed by atoms with Crippen LogP contribution in [0.4, 0.5) is 4.39 Å². The van der Waals surface area contributed by atoms with Gasteiger partial charge in [0.2, 0.25) is 0 Å². The quantitative estimate of drug-likeness (QED) is 0.862. The summed E-state index contributed by atoms with van der Waals surface area (Å²) in [6, 6.07) is 4.24. The van der Waals surface area contributed by atoms with E-state index in [0.717, 1.165) is 51.5 Å². The average molecular weight is 331 g/mol. The zero-order valence-corrected chi connectivity index (χ0v) is 13.9. The van der Waals surface area contributed by atoms with E-state index in [1.54, 1.807) is 17.7 Å². The van der Waals surface area contributed by atoms with Crippen LogP contribution in [0.1, 0.15) is 24.6 Å². The van der Waals surface area contributed by atoms with Crippen LogP contribution < -0.4 is 5.56 Å². The molecule has 0 N–H and O–H groups in total. The number of piperidine rings is 1. The van der Waals surface area contributed by atoms with Crippen LogP contribution >= 0.6 is 0 Å². The van der Waals surface area contributed by atoms with Crippen molar-refractivity contribution in [3.8, 4) is 0 Å². The van der Waals surface area contributed by atoms with Crippen LogP contribution in [0.15, 0.2) is 23.0 Å². The highest BCUT2D eigenvalue weighted by Crippen LogP contribution is 2.27. The van der Waals surface area contributed by atoms with Gasteiger partial charge in [-0.2, -0.15) is 0 Å². The van der Waals surface area contributed by atoms with E-state index in [2.05, 4.69) is 4.90 Å². The smallest absolute Gasteiger partial charge is 0.261 e. The Morgan fingerprint density at radius 1 is 1.38 bits per heavy atom. The zero-order chi connectivity index (χ0) is 16.7. The molecule has 0 unspecified atom stereocenters. The van der Waals surface area contributed by atoms with E-state index < -0.39 is 5.82 Å². The van der Waals surface area contributed by atoms with Gasteiger partial charge >= 0.3 is 0 Å². The first-order chi connectivity index (χ1) is 11.6. The van der Waals surface area contributed by atoms with Crippen molar-refractivity contribution in [1.29, 1.82) is 0 Å². The first-order valence-corrected chi connectivity index (χ1v) is 8.58. The lowest BCUT2D eigenvalue weighted by Gasteiger charge is -2.37. The van der Waals surface area contributed by atoms with Crippen molar-refractivity contribution in [3.63, 3.8) is 0 Å². The first-order valence-electron chi connectivity index (χ1n) is 8.58. The molecule has 1 atom stereocenters. The van der Waals surface area contributed by atoms with Crippen LogP contribution in [0.3, 0.4) is 0 Å². The Kier molecular flexibility index (Phi) is 4.10. The maximum atomic E-state index is 13.4. The van der Waals surface area contributed by atoms with Crippen molar-refractivity contribution >= 4 is 10.9 Å². The van der Waals surface area contributed by atoms with Gasteiger partial charge in [-0.05, 0) is 37.6 Å². The van der Waals surface area contributed by atoms with Crippen LogP contribution in [-0.4, -0.2) is 47.3 Å². The van der Waals surface area contributed by atoms with Crippen LogP contribution in [0.25, 0.3) is 10.9 Å². The van der Waals surface area contributed by atoms with Gasteiger partial charge in [0.05, 0.1) is 24.1 Å². The summed E-state index contributed by atoms with van der Waals surface area (Å²) >= 11 is 0. The van der Waals surface area contributed by atoms with E-state index in [0.29, 0.717) is 16.8 Å². The first kappa shape index (κ1) is 15.7. The van der Waals surface area contributed by atoms with E-state index in [1.165, 1.54) is 12.1 Å². The summed E-state index contributed by atoms with van der Waals surface area (Å²) in [5, 5.41) is 0.348. The Morgan fingerprint density at radius 3 is 2.96 bits per heavy atom. The molecule has 2 aliphatic heterocycles. The number of ether oxygens (including phenoxy) is 1. The molecule has 2 aromatic rings. The standard InChI is InChI=1S/C18H22FN3O2/c1-21-17(20-16-5-4-14(19)7-15(16)18(21)23)13-3-2-6-22(9-13)8-12-10-24-11-12/h4-5,7,12-13H,2-3,6,8-11H2,1H3/t13-/m1/s1. The molecule has 6 heteroatoms. The minimum Gasteiger partial charge on any atom is -0.381 e. The fraction of sp³-hybridized carbons (Fsp3) is 0.556. The van der Waals surface area contributed by atoms with E-state index >= 15 is 0 Å². The third-order valence-corrected chi connectivity index (χ3v) is 5.17. The third kappa shape index (κ3) is 2.84. The number of hydrogen-bond acceptors (Lipinski definition) is 4. The van der Waals surface area contributed by atoms with Crippen molar-refractivity contribution in [2.24, 2.45) is 13.0 Å². The second-order valence-corrected chi connectivity index (χ2v) is 7.00. The van der Waals surface area contributed by atoms with Gasteiger partial charge in [-0.3, -0.25) is 9.36 Å². The summed E-state index contributed by atoms with van der Waals surface area (Å²) in [7, 11) is 1.74. The summed E-state index contributed by atoms with van der Waals surface area (Å²) in [5.74, 6) is 1.29. The lowest BCUT2D eigenvalue weighted by molar-refractivity contribution is -0.0492. The van der Waals surface area contributed by atoms with E-state index in [1.807, 2.05) is 0 Å². The summed E-state index contributed by atoms with van der Waals surface area (Å²) in [6.07, 6.45) is 2.14. The fourth-order valence-electron chi connectivity index (χ4n) is 3.81. The van der Waals surface area contributed by atoms with Gasteiger partial charge in [-0.15, -0.1) is 0 Å². The number of benzene rings is 1. The molecule has 4 rings (SSSR count). The van der Waals surface area contributed by atoms with Gasteiger partial charge in [-0.1, -0.05) is 0 Å². The molecule has 1 aromatic carbocycles. The van der Waals surface area contributed by atoms with Gasteiger partial charge in [0.15, 0.2) is 0 Å². The summed E-state index contributed by atoms with van der Waals surface area (Å²) < 4.78 is 20.3. The lowest BCUT2D eigenvalue weighted by Crippen LogP contribution is -2.44. The predicted molar refractivity (Wildman–Crippen MR) is 89.7 cm³/mol. The van der Waals surface area contributed by atoms with Crippen molar-refractivity contribution < 1.29 is 9.13 Å². The molecule has 5 nitrogen and oxygen atoms in total. The molecule has 0 amide bonds. The fourth-order valence-corrected chi connectivity index (χ4v) is 3.81. The number of hydrogen-bond donors (Lipinski definition) is 0. The van der Waals surface area contributed by atoms with Crippen molar-refractivity contribution in [3.05, 3.63) is 40.2 Å². The molecule has 24 heavy (non-hydrogen) atoms. The molecule has 3 heterocycles. The van der Waals surface area contributed by atoms with Crippen molar-refractivity contribution in [2.75, 3.05) is 32.8 Å². The maximum absolute atomic E-state index is 13.4. The second-order valence-electron chi connectivity index (χ2n) is 7.00. The van der Waals surface area contributed by atoms with E-state index in [4.69, 9.17) is 9.72 Å². The molecule has 1 aromatic heterocycles. The molecular formula is C18H22FN3O2. The largest absolute Gasteiger partial charge is 0.381 e. The molecule has 2 aliphatic rings. The molecular weight excluding hydrogens is 309 g/mol. The third-order valence-electron chi connectivity index (χ3n) is 5.17. The zero-order valence-electron chi connectivity index (χ0n) is 13.9. The highest BCUT2D eigenvalue weighted by molar-refractivity contribution is 5.77. The number of nitrogens with zero attached hydrogens (tertiary/aromatic N) is 3. The Morgan fingerprint density at radius 2 is 2.21 bits per heavy atom. The number of likely N-dealkylation sites (tertiary alicyclic amines) is 1. The summed E-state index contributed by atoms with van der Waals surface area (Å²) in [6.45, 7) is 4.80. The molecule has 0 bridgehead atoms. The van der Waals surface area contributed by atoms with E-state index in [-0.39, 0.29) is 11.5 Å². The molecule has 0 spiro atoms. The Hall–Kier alpha value is -1.79. The van der Waals surface area contributed by atoms with Gasteiger partial charge in [0.1, 0.15) is 11.6 Å². The minimum atomic E-state index is -0.402. The van der Waals surface area contributed by atoms with Gasteiger partial charge in [0.25, 0.3) is 5.56 Å². The molecule has 128 valence electrons. The number of halogens is 1. The van der Waals surface area contributed by atoms with Crippen molar-refractivity contribution in [1.82, 2.24) is 14.5 Å². The minimum absolute atomic E-state index is 0.168. The van der Waals surface area contributed by atoms with Gasteiger partial charge in [-0.25, -0.2) is 9.37 Å². The lowest BCUT2D eigenvalue weighted by atomic mass is 9.95. The highest BCUT2D eigenvalue weighted by atomic mass is 19.1. The average Bonchev–Trinajstić information content (AvgIpc) is 2.55. The Bertz CT molecular complexity index is 816. The van der Waals surface area contributed by atoms with Gasteiger partial charge in [0, 0.05) is 32.0 Å². The normalized spacial score (nSPS) is 22.7. The second kappa shape index (κ2) is 6.26. The molecule has 0 aliphatic carbocycles. The summed E-state index contributed by atoms with van der Waals surface area (Å²) in [5.41, 5.74) is 0.415. The molecule has 2 saturated heterocycles. The molecule has 0 radical (unpaired) electrons. The number of aromatic nitrogens is 2. The molecule has 2 fully saturated rings. The number of fused-ring (bicyclic) bond motifs is 1. The Balaban J connectivity index is 1.64. The van der Waals surface area contributed by atoms with Crippen LogP contribution in [0.5, 0.6) is 0 Å².